The Labute approximate surface area is 109 Å². The van der Waals surface area contributed by atoms with Crippen LogP contribution in [0.3, 0.4) is 0 Å². The van der Waals surface area contributed by atoms with Gasteiger partial charge in [-0.15, -0.1) is 10.2 Å². The SMILES string of the molecule is NCC1(Cc2nn3c(C4CC4)nnc3s2)CCC1. The molecule has 0 bridgehead atoms. The van der Waals surface area contributed by atoms with E-state index < -0.39 is 0 Å². The third kappa shape index (κ3) is 1.59. The standard InChI is InChI=1S/C12H17N5S/c13-7-12(4-1-5-12)6-9-16-17-10(8-2-3-8)14-15-11(17)18-9/h8H,1-7,13H2. The molecule has 0 spiro atoms. The van der Waals surface area contributed by atoms with Crippen molar-refractivity contribution in [3.63, 3.8) is 0 Å². The Bertz CT molecular complexity index is 573. The number of rotatable bonds is 4. The number of hydrogen-bond donors (Lipinski definition) is 1. The summed E-state index contributed by atoms with van der Waals surface area (Å²) in [6.07, 6.45) is 7.30. The molecular formula is C12H17N5S. The Morgan fingerprint density at radius 1 is 1.33 bits per heavy atom. The molecule has 2 aromatic heterocycles. The highest BCUT2D eigenvalue weighted by molar-refractivity contribution is 7.16. The van der Waals surface area contributed by atoms with Crippen molar-refractivity contribution < 1.29 is 0 Å². The number of fused-ring (bicyclic) bond motifs is 1. The lowest BCUT2D eigenvalue weighted by Crippen LogP contribution is -2.39. The zero-order chi connectivity index (χ0) is 12.2. The fraction of sp³-hybridized carbons (Fsp3) is 0.750. The van der Waals surface area contributed by atoms with E-state index in [1.807, 2.05) is 4.52 Å². The maximum atomic E-state index is 5.92. The maximum Gasteiger partial charge on any atom is 0.234 e. The summed E-state index contributed by atoms with van der Waals surface area (Å²) < 4.78 is 1.96. The van der Waals surface area contributed by atoms with E-state index in [0.29, 0.717) is 11.3 Å². The van der Waals surface area contributed by atoms with Crippen molar-refractivity contribution in [3.8, 4) is 0 Å². The van der Waals surface area contributed by atoms with E-state index in [9.17, 15) is 0 Å². The lowest BCUT2D eigenvalue weighted by Gasteiger charge is -2.40. The predicted molar refractivity (Wildman–Crippen MR) is 69.7 cm³/mol. The van der Waals surface area contributed by atoms with Crippen molar-refractivity contribution >= 4 is 16.3 Å². The Kier molecular flexibility index (Phi) is 2.26. The fourth-order valence-electron chi connectivity index (χ4n) is 2.79. The van der Waals surface area contributed by atoms with Gasteiger partial charge in [0.15, 0.2) is 5.82 Å². The molecule has 2 saturated carbocycles. The van der Waals surface area contributed by atoms with Crippen LogP contribution in [-0.4, -0.2) is 26.4 Å². The molecule has 2 fully saturated rings. The topological polar surface area (TPSA) is 69.1 Å². The van der Waals surface area contributed by atoms with Gasteiger partial charge in [-0.05, 0) is 37.6 Å². The molecule has 6 heteroatoms. The maximum absolute atomic E-state index is 5.92. The molecule has 0 atom stereocenters. The quantitative estimate of drug-likeness (QED) is 0.912. The summed E-state index contributed by atoms with van der Waals surface area (Å²) >= 11 is 1.68. The zero-order valence-electron chi connectivity index (χ0n) is 10.3. The van der Waals surface area contributed by atoms with Crippen LogP contribution in [0, 0.1) is 5.41 Å². The molecule has 2 N–H and O–H groups in total. The van der Waals surface area contributed by atoms with Gasteiger partial charge in [0.1, 0.15) is 5.01 Å². The van der Waals surface area contributed by atoms with Crippen molar-refractivity contribution in [2.45, 2.75) is 44.4 Å². The van der Waals surface area contributed by atoms with Crippen molar-refractivity contribution in [2.75, 3.05) is 6.54 Å². The van der Waals surface area contributed by atoms with Crippen LogP contribution in [0.15, 0.2) is 0 Å². The van der Waals surface area contributed by atoms with Crippen molar-refractivity contribution in [3.05, 3.63) is 10.8 Å². The second-order valence-electron chi connectivity index (χ2n) is 5.76. The minimum Gasteiger partial charge on any atom is -0.330 e. The van der Waals surface area contributed by atoms with Crippen LogP contribution < -0.4 is 5.73 Å². The molecule has 18 heavy (non-hydrogen) atoms. The molecule has 2 heterocycles. The zero-order valence-corrected chi connectivity index (χ0v) is 11.1. The molecule has 0 unspecified atom stereocenters. The summed E-state index contributed by atoms with van der Waals surface area (Å²) in [5.74, 6) is 1.66. The Morgan fingerprint density at radius 2 is 2.17 bits per heavy atom. The number of hydrogen-bond acceptors (Lipinski definition) is 5. The highest BCUT2D eigenvalue weighted by Gasteiger charge is 2.37. The first-order valence-corrected chi connectivity index (χ1v) is 7.52. The molecular weight excluding hydrogens is 246 g/mol. The van der Waals surface area contributed by atoms with Crippen LogP contribution in [-0.2, 0) is 6.42 Å². The molecule has 4 rings (SSSR count). The third-order valence-corrected chi connectivity index (χ3v) is 5.27. The van der Waals surface area contributed by atoms with Gasteiger partial charge in [-0.2, -0.15) is 9.61 Å². The first-order chi connectivity index (χ1) is 8.80. The third-order valence-electron chi connectivity index (χ3n) is 4.37. The highest BCUT2D eigenvalue weighted by atomic mass is 32.1. The Balaban J connectivity index is 1.65. The molecule has 0 amide bonds. The summed E-state index contributed by atoms with van der Waals surface area (Å²) in [5.41, 5.74) is 6.24. The van der Waals surface area contributed by atoms with E-state index in [1.165, 1.54) is 37.1 Å². The van der Waals surface area contributed by atoms with Crippen molar-refractivity contribution in [1.29, 1.82) is 0 Å². The van der Waals surface area contributed by atoms with Gasteiger partial charge < -0.3 is 5.73 Å². The number of nitrogens with zero attached hydrogens (tertiary/aromatic N) is 4. The van der Waals surface area contributed by atoms with Crippen LogP contribution in [0.2, 0.25) is 0 Å². The van der Waals surface area contributed by atoms with Gasteiger partial charge in [-0.25, -0.2) is 0 Å². The van der Waals surface area contributed by atoms with E-state index in [-0.39, 0.29) is 0 Å². The summed E-state index contributed by atoms with van der Waals surface area (Å²) in [6.45, 7) is 0.780. The molecule has 0 aliphatic heterocycles. The minimum atomic E-state index is 0.322. The Morgan fingerprint density at radius 3 is 2.78 bits per heavy atom. The van der Waals surface area contributed by atoms with Crippen molar-refractivity contribution in [1.82, 2.24) is 19.8 Å². The summed E-state index contributed by atoms with van der Waals surface area (Å²) in [5, 5.41) is 14.4. The summed E-state index contributed by atoms with van der Waals surface area (Å²) in [4.78, 5) is 0.943. The van der Waals surface area contributed by atoms with Crippen LogP contribution in [0.1, 0.15) is 48.9 Å². The average molecular weight is 263 g/mol. The summed E-state index contributed by atoms with van der Waals surface area (Å²) in [6, 6.07) is 0. The molecule has 2 aliphatic carbocycles. The number of aromatic nitrogens is 4. The van der Waals surface area contributed by atoms with Gasteiger partial charge in [-0.1, -0.05) is 17.8 Å². The molecule has 96 valence electrons. The lowest BCUT2D eigenvalue weighted by atomic mass is 9.67. The van der Waals surface area contributed by atoms with Gasteiger partial charge in [0.05, 0.1) is 0 Å². The highest BCUT2D eigenvalue weighted by Crippen LogP contribution is 2.44. The van der Waals surface area contributed by atoms with Crippen LogP contribution >= 0.6 is 11.3 Å². The minimum absolute atomic E-state index is 0.322. The van der Waals surface area contributed by atoms with Crippen LogP contribution in [0.25, 0.3) is 4.96 Å². The molecule has 0 saturated heterocycles. The second kappa shape index (κ2) is 3.74. The van der Waals surface area contributed by atoms with E-state index in [4.69, 9.17) is 10.8 Å². The number of nitrogens with two attached hydrogens (primary N) is 1. The molecule has 0 radical (unpaired) electrons. The van der Waals surface area contributed by atoms with Gasteiger partial charge in [0.2, 0.25) is 4.96 Å². The first-order valence-electron chi connectivity index (χ1n) is 6.71. The molecule has 5 nitrogen and oxygen atoms in total. The van der Waals surface area contributed by atoms with E-state index in [0.717, 1.165) is 23.8 Å². The van der Waals surface area contributed by atoms with Crippen LogP contribution in [0.5, 0.6) is 0 Å². The smallest absolute Gasteiger partial charge is 0.234 e. The molecule has 0 aromatic carbocycles. The molecule has 2 aromatic rings. The normalized spacial score (nSPS) is 22.3. The lowest BCUT2D eigenvalue weighted by molar-refractivity contribution is 0.144. The predicted octanol–water partition coefficient (Wildman–Crippen LogP) is 1.73. The molecule has 2 aliphatic rings. The second-order valence-corrected chi connectivity index (χ2v) is 6.80. The van der Waals surface area contributed by atoms with Crippen LogP contribution in [0.4, 0.5) is 0 Å². The van der Waals surface area contributed by atoms with Gasteiger partial charge >= 0.3 is 0 Å². The van der Waals surface area contributed by atoms with E-state index >= 15 is 0 Å². The van der Waals surface area contributed by atoms with E-state index in [1.54, 1.807) is 11.3 Å². The monoisotopic (exact) mass is 263 g/mol. The van der Waals surface area contributed by atoms with Crippen molar-refractivity contribution in [2.24, 2.45) is 11.1 Å². The fourth-order valence-corrected chi connectivity index (χ4v) is 3.80. The Hall–Kier alpha value is -1.01. The van der Waals surface area contributed by atoms with Gasteiger partial charge in [0, 0.05) is 12.3 Å². The average Bonchev–Trinajstić information content (AvgIpc) is 2.97. The van der Waals surface area contributed by atoms with E-state index in [2.05, 4.69) is 10.2 Å². The van der Waals surface area contributed by atoms with Gasteiger partial charge in [-0.3, -0.25) is 0 Å². The largest absolute Gasteiger partial charge is 0.330 e. The first kappa shape index (κ1) is 10.9. The summed E-state index contributed by atoms with van der Waals surface area (Å²) in [7, 11) is 0. The van der Waals surface area contributed by atoms with Gasteiger partial charge in [0.25, 0.3) is 0 Å².